The van der Waals surface area contributed by atoms with Crippen LogP contribution in [0.4, 0.5) is 4.79 Å². The van der Waals surface area contributed by atoms with Crippen LogP contribution in [-0.4, -0.2) is 41.7 Å². The van der Waals surface area contributed by atoms with Crippen molar-refractivity contribution >= 4 is 63.0 Å². The third-order valence-corrected chi connectivity index (χ3v) is 5.99. The van der Waals surface area contributed by atoms with Gasteiger partial charge in [-0.3, -0.25) is 4.79 Å². The number of benzene rings is 2. The first kappa shape index (κ1) is 26.0. The van der Waals surface area contributed by atoms with Crippen molar-refractivity contribution in [2.75, 3.05) is 13.2 Å². The van der Waals surface area contributed by atoms with Crippen molar-refractivity contribution < 1.29 is 27.5 Å². The van der Waals surface area contributed by atoms with E-state index < -0.39 is 32.5 Å². The Morgan fingerprint density at radius 2 is 1.69 bits per heavy atom. The third-order valence-electron chi connectivity index (χ3n) is 3.91. The molecule has 0 fully saturated rings. The summed E-state index contributed by atoms with van der Waals surface area (Å²) in [6.07, 6.45) is 1.71. The number of sulfonamides is 1. The molecular formula is C21H20Cl3NO6S. The number of hydrogen-bond donors (Lipinski definition) is 0. The van der Waals surface area contributed by atoms with Crippen LogP contribution in [0.2, 0.25) is 0 Å². The Hall–Kier alpha value is -2.26. The first-order valence-corrected chi connectivity index (χ1v) is 11.7. The molecule has 7 nitrogen and oxygen atoms in total. The van der Waals surface area contributed by atoms with Crippen LogP contribution < -0.4 is 4.74 Å². The highest BCUT2D eigenvalue weighted by molar-refractivity contribution is 7.89. The van der Waals surface area contributed by atoms with Gasteiger partial charge >= 0.3 is 12.1 Å². The summed E-state index contributed by atoms with van der Waals surface area (Å²) in [5, 5.41) is 0. The average molecular weight is 521 g/mol. The number of rotatable bonds is 7. The molecule has 0 spiro atoms. The van der Waals surface area contributed by atoms with Gasteiger partial charge in [0.05, 0.1) is 11.4 Å². The Balaban J connectivity index is 2.33. The standard InChI is InChI=1S/C21H20Cl3NO6S/c1-15-9-11-18(12-10-15)32(28,29)25(20(27)30-14-21(22,23)24)13-5-7-17-6-3-4-8-19(17)31-16(2)26/h3-12H,13-14H2,1-2H3/b7-5+. The van der Waals surface area contributed by atoms with E-state index in [4.69, 9.17) is 44.3 Å². The molecule has 0 aliphatic carbocycles. The van der Waals surface area contributed by atoms with Crippen LogP contribution in [-0.2, 0) is 19.6 Å². The number of amides is 1. The van der Waals surface area contributed by atoms with Gasteiger partial charge in [0.15, 0.2) is 0 Å². The summed E-state index contributed by atoms with van der Waals surface area (Å²) in [5.74, 6) is -0.229. The van der Waals surface area contributed by atoms with Gasteiger partial charge in [0.1, 0.15) is 12.4 Å². The van der Waals surface area contributed by atoms with Gasteiger partial charge in [0.2, 0.25) is 3.79 Å². The molecule has 0 aliphatic rings. The van der Waals surface area contributed by atoms with E-state index in [9.17, 15) is 18.0 Å². The molecule has 11 heteroatoms. The Kier molecular flexibility index (Phi) is 8.98. The fraction of sp³-hybridized carbons (Fsp3) is 0.238. The number of ether oxygens (including phenoxy) is 2. The lowest BCUT2D eigenvalue weighted by atomic mass is 10.2. The zero-order valence-corrected chi connectivity index (χ0v) is 20.2. The molecule has 0 heterocycles. The molecule has 1 amide bonds. The molecule has 0 bridgehead atoms. The minimum atomic E-state index is -4.28. The number of carbonyl (C=O) groups excluding carboxylic acids is 2. The molecule has 172 valence electrons. The van der Waals surface area contributed by atoms with E-state index in [1.165, 1.54) is 31.2 Å². The van der Waals surface area contributed by atoms with Crippen molar-refractivity contribution in [1.82, 2.24) is 4.31 Å². The largest absolute Gasteiger partial charge is 0.444 e. The number of carbonyl (C=O) groups is 2. The second kappa shape index (κ2) is 11.0. The summed E-state index contributed by atoms with van der Waals surface area (Å²) in [6.45, 7) is 2.03. The normalized spacial score (nSPS) is 11.9. The average Bonchev–Trinajstić information content (AvgIpc) is 2.70. The highest BCUT2D eigenvalue weighted by atomic mass is 35.6. The lowest BCUT2D eigenvalue weighted by Gasteiger charge is -2.22. The number of halogens is 3. The number of hydrogen-bond acceptors (Lipinski definition) is 6. The minimum Gasteiger partial charge on any atom is -0.444 e. The lowest BCUT2D eigenvalue weighted by molar-refractivity contribution is -0.131. The Morgan fingerprint density at radius 1 is 1.06 bits per heavy atom. The van der Waals surface area contributed by atoms with E-state index in [0.29, 0.717) is 9.87 Å². The van der Waals surface area contributed by atoms with Gasteiger partial charge in [-0.15, -0.1) is 0 Å². The molecule has 2 aromatic carbocycles. The molecule has 0 N–H and O–H groups in total. The van der Waals surface area contributed by atoms with E-state index in [-0.39, 0.29) is 17.2 Å². The van der Waals surface area contributed by atoms with Crippen LogP contribution in [0.1, 0.15) is 18.1 Å². The van der Waals surface area contributed by atoms with Gasteiger partial charge in [-0.2, -0.15) is 4.31 Å². The summed E-state index contributed by atoms with van der Waals surface area (Å²) in [6, 6.07) is 12.6. The molecule has 0 saturated heterocycles. The van der Waals surface area contributed by atoms with E-state index in [0.717, 1.165) is 5.56 Å². The van der Waals surface area contributed by atoms with Crippen molar-refractivity contribution in [1.29, 1.82) is 0 Å². The maximum atomic E-state index is 13.1. The fourth-order valence-corrected chi connectivity index (χ4v) is 3.89. The SMILES string of the molecule is CC(=O)Oc1ccccc1/C=C/CN(C(=O)OCC(Cl)(Cl)Cl)S(=O)(=O)c1ccc(C)cc1. The number of para-hydroxylation sites is 1. The van der Waals surface area contributed by atoms with Gasteiger partial charge in [-0.1, -0.05) is 82.9 Å². The van der Waals surface area contributed by atoms with Gasteiger partial charge in [-0.05, 0) is 25.1 Å². The second-order valence-electron chi connectivity index (χ2n) is 6.55. The first-order chi connectivity index (χ1) is 14.9. The molecule has 0 unspecified atom stereocenters. The monoisotopic (exact) mass is 519 g/mol. The van der Waals surface area contributed by atoms with Crippen LogP contribution in [0.3, 0.4) is 0 Å². The van der Waals surface area contributed by atoms with Gasteiger partial charge in [-0.25, -0.2) is 13.2 Å². The molecule has 0 atom stereocenters. The number of nitrogens with zero attached hydrogens (tertiary/aromatic N) is 1. The van der Waals surface area contributed by atoms with Crippen LogP contribution in [0, 0.1) is 6.92 Å². The maximum absolute atomic E-state index is 13.1. The smallest absolute Gasteiger partial charge is 0.424 e. The molecule has 32 heavy (non-hydrogen) atoms. The number of alkyl halides is 3. The molecule has 0 saturated carbocycles. The van der Waals surface area contributed by atoms with Crippen molar-refractivity contribution in [2.24, 2.45) is 0 Å². The molecule has 0 aliphatic heterocycles. The Morgan fingerprint density at radius 3 is 2.28 bits per heavy atom. The summed E-state index contributed by atoms with van der Waals surface area (Å²) in [5.41, 5.74) is 1.35. The van der Waals surface area contributed by atoms with Crippen molar-refractivity contribution in [3.05, 3.63) is 65.7 Å². The topological polar surface area (TPSA) is 90.0 Å². The van der Waals surface area contributed by atoms with Gasteiger partial charge < -0.3 is 9.47 Å². The van der Waals surface area contributed by atoms with Crippen LogP contribution in [0.25, 0.3) is 6.08 Å². The Bertz CT molecular complexity index is 1100. The second-order valence-corrected chi connectivity index (χ2v) is 10.9. The Labute approximate surface area is 201 Å². The van der Waals surface area contributed by atoms with Gasteiger partial charge in [0.25, 0.3) is 10.0 Å². The van der Waals surface area contributed by atoms with Crippen molar-refractivity contribution in [2.45, 2.75) is 22.5 Å². The van der Waals surface area contributed by atoms with Crippen molar-refractivity contribution in [3.63, 3.8) is 0 Å². The third kappa shape index (κ3) is 7.70. The zero-order valence-electron chi connectivity index (χ0n) is 17.1. The summed E-state index contributed by atoms with van der Waals surface area (Å²) in [4.78, 5) is 23.7. The summed E-state index contributed by atoms with van der Waals surface area (Å²) < 4.78 is 34.8. The van der Waals surface area contributed by atoms with E-state index in [2.05, 4.69) is 0 Å². The number of aryl methyl sites for hydroxylation is 1. The zero-order chi connectivity index (χ0) is 23.9. The minimum absolute atomic E-state index is 0.109. The van der Waals surface area contributed by atoms with Crippen LogP contribution >= 0.6 is 34.8 Å². The van der Waals surface area contributed by atoms with Gasteiger partial charge in [0, 0.05) is 12.5 Å². The molecule has 0 radical (unpaired) electrons. The summed E-state index contributed by atoms with van der Waals surface area (Å²) in [7, 11) is -4.28. The highest BCUT2D eigenvalue weighted by Gasteiger charge is 2.32. The van der Waals surface area contributed by atoms with E-state index >= 15 is 0 Å². The predicted molar refractivity (Wildman–Crippen MR) is 123 cm³/mol. The molecule has 0 aromatic heterocycles. The summed E-state index contributed by atoms with van der Waals surface area (Å²) >= 11 is 16.8. The quantitative estimate of drug-likeness (QED) is 0.286. The number of esters is 1. The van der Waals surface area contributed by atoms with Crippen LogP contribution in [0.5, 0.6) is 5.75 Å². The first-order valence-electron chi connectivity index (χ1n) is 9.17. The van der Waals surface area contributed by atoms with E-state index in [1.54, 1.807) is 43.3 Å². The van der Waals surface area contributed by atoms with Crippen molar-refractivity contribution in [3.8, 4) is 5.75 Å². The molecule has 2 aromatic rings. The van der Waals surface area contributed by atoms with Crippen LogP contribution in [0.15, 0.2) is 59.5 Å². The molecule has 2 rings (SSSR count). The lowest BCUT2D eigenvalue weighted by Crippen LogP contribution is -2.38. The fourth-order valence-electron chi connectivity index (χ4n) is 2.47. The molecular weight excluding hydrogens is 501 g/mol. The highest BCUT2D eigenvalue weighted by Crippen LogP contribution is 2.27. The predicted octanol–water partition coefficient (Wildman–Crippen LogP) is 5.13. The van der Waals surface area contributed by atoms with E-state index in [1.807, 2.05) is 0 Å². The maximum Gasteiger partial charge on any atom is 0.424 e.